The molecule has 0 amide bonds. The average Bonchev–Trinajstić information content (AvgIpc) is 3.57. The van der Waals surface area contributed by atoms with Gasteiger partial charge in [-0.3, -0.25) is 4.90 Å². The van der Waals surface area contributed by atoms with Crippen LogP contribution in [0.2, 0.25) is 0 Å². The van der Waals surface area contributed by atoms with Crippen LogP contribution in [0.5, 0.6) is 11.5 Å². The molecule has 1 aliphatic heterocycles. The molecule has 1 aliphatic rings. The Labute approximate surface area is 245 Å². The molecule has 0 atom stereocenters. The van der Waals surface area contributed by atoms with Crippen molar-refractivity contribution in [1.82, 2.24) is 19.6 Å². The first-order valence-electron chi connectivity index (χ1n) is 14.0. The summed E-state index contributed by atoms with van der Waals surface area (Å²) in [7, 11) is 3.36. The summed E-state index contributed by atoms with van der Waals surface area (Å²) in [6.07, 6.45) is 0. The molecule has 0 fully saturated rings. The number of para-hydroxylation sites is 1. The summed E-state index contributed by atoms with van der Waals surface area (Å²) in [6.45, 7) is 4.21. The molecule has 7 nitrogen and oxygen atoms in total. The molecule has 0 saturated carbocycles. The molecule has 4 aromatic carbocycles. The molecule has 0 N–H and O–H groups in total. The SMILES string of the molecule is COc1ccc(-n2nc(C)c3c2N(c2ccccc2)c2c(c(C)nn2-c2ccc(OC)cc2)C3c2ccccc2)cc1. The quantitative estimate of drug-likeness (QED) is 0.212. The summed E-state index contributed by atoms with van der Waals surface area (Å²) in [4.78, 5) is 2.30. The van der Waals surface area contributed by atoms with Gasteiger partial charge >= 0.3 is 0 Å². The molecule has 7 heteroatoms. The zero-order valence-corrected chi connectivity index (χ0v) is 24.0. The van der Waals surface area contributed by atoms with Crippen LogP contribution >= 0.6 is 0 Å². The summed E-state index contributed by atoms with van der Waals surface area (Å²) >= 11 is 0. The van der Waals surface area contributed by atoms with E-state index < -0.39 is 0 Å². The van der Waals surface area contributed by atoms with Gasteiger partial charge in [-0.25, -0.2) is 9.36 Å². The van der Waals surface area contributed by atoms with E-state index in [9.17, 15) is 0 Å². The van der Waals surface area contributed by atoms with E-state index in [2.05, 4.69) is 82.7 Å². The lowest BCUT2D eigenvalue weighted by Crippen LogP contribution is -2.26. The number of rotatable bonds is 6. The highest BCUT2D eigenvalue weighted by atomic mass is 16.5. The molecule has 42 heavy (non-hydrogen) atoms. The maximum absolute atomic E-state index is 5.46. The van der Waals surface area contributed by atoms with Crippen LogP contribution < -0.4 is 14.4 Å². The van der Waals surface area contributed by atoms with Crippen molar-refractivity contribution in [3.63, 3.8) is 0 Å². The Bertz CT molecular complexity index is 1760. The number of aryl methyl sites for hydroxylation is 2. The third kappa shape index (κ3) is 4.05. The number of nitrogens with zero attached hydrogens (tertiary/aromatic N) is 5. The second-order valence-electron chi connectivity index (χ2n) is 10.4. The topological polar surface area (TPSA) is 57.3 Å². The van der Waals surface area contributed by atoms with Gasteiger partial charge in [0.25, 0.3) is 0 Å². The standard InChI is InChI=1S/C35H31N5O2/c1-23-31-33(25-11-7-5-8-12-25)32-24(2)37-40(28-17-21-30(42-4)22-18-28)35(32)38(26-13-9-6-10-14-26)34(31)39(36-23)27-15-19-29(41-3)20-16-27/h5-22,33H,1-4H3. The Morgan fingerprint density at radius 3 is 1.38 bits per heavy atom. The number of fused-ring (bicyclic) bond motifs is 2. The number of ether oxygens (including phenoxy) is 2. The molecule has 6 aromatic rings. The van der Waals surface area contributed by atoms with Crippen LogP contribution in [0.3, 0.4) is 0 Å². The predicted molar refractivity (Wildman–Crippen MR) is 165 cm³/mol. The number of hydrogen-bond acceptors (Lipinski definition) is 5. The first kappa shape index (κ1) is 25.7. The smallest absolute Gasteiger partial charge is 0.147 e. The van der Waals surface area contributed by atoms with Crippen LogP contribution in [0.4, 0.5) is 17.3 Å². The van der Waals surface area contributed by atoms with Gasteiger partial charge in [0, 0.05) is 22.7 Å². The number of hydrogen-bond donors (Lipinski definition) is 0. The van der Waals surface area contributed by atoms with Crippen molar-refractivity contribution in [1.29, 1.82) is 0 Å². The minimum absolute atomic E-state index is 0.0600. The molecule has 0 spiro atoms. The average molecular weight is 554 g/mol. The number of benzene rings is 4. The van der Waals surface area contributed by atoms with Crippen LogP contribution in [0, 0.1) is 13.8 Å². The van der Waals surface area contributed by atoms with Crippen LogP contribution in [-0.4, -0.2) is 33.8 Å². The minimum Gasteiger partial charge on any atom is -0.497 e. The second-order valence-corrected chi connectivity index (χ2v) is 10.4. The highest BCUT2D eigenvalue weighted by Gasteiger charge is 2.42. The highest BCUT2D eigenvalue weighted by Crippen LogP contribution is 2.54. The van der Waals surface area contributed by atoms with E-state index in [4.69, 9.17) is 19.7 Å². The van der Waals surface area contributed by atoms with E-state index in [1.165, 1.54) is 5.56 Å². The fourth-order valence-electron chi connectivity index (χ4n) is 6.01. The van der Waals surface area contributed by atoms with E-state index in [0.717, 1.165) is 62.7 Å². The normalized spacial score (nSPS) is 12.6. The van der Waals surface area contributed by atoms with Gasteiger partial charge in [-0.15, -0.1) is 0 Å². The maximum Gasteiger partial charge on any atom is 0.147 e. The Hall–Kier alpha value is -5.30. The first-order valence-corrected chi connectivity index (χ1v) is 14.0. The lowest BCUT2D eigenvalue weighted by Gasteiger charge is -2.35. The van der Waals surface area contributed by atoms with Gasteiger partial charge in [0.2, 0.25) is 0 Å². The zero-order valence-electron chi connectivity index (χ0n) is 24.0. The molecule has 3 heterocycles. The number of aromatic nitrogens is 4. The van der Waals surface area contributed by atoms with Crippen molar-refractivity contribution in [3.05, 3.63) is 137 Å². The van der Waals surface area contributed by atoms with E-state index in [0.29, 0.717) is 0 Å². The summed E-state index contributed by atoms with van der Waals surface area (Å²) in [5, 5.41) is 10.3. The van der Waals surface area contributed by atoms with Crippen molar-refractivity contribution < 1.29 is 9.47 Å². The van der Waals surface area contributed by atoms with Crippen molar-refractivity contribution in [3.8, 4) is 22.9 Å². The highest BCUT2D eigenvalue weighted by molar-refractivity contribution is 5.85. The van der Waals surface area contributed by atoms with Crippen LogP contribution in [0.1, 0.15) is 34.0 Å². The number of anilines is 3. The lowest BCUT2D eigenvalue weighted by molar-refractivity contribution is 0.414. The second kappa shape index (κ2) is 10.3. The zero-order chi connectivity index (χ0) is 28.8. The molecular weight excluding hydrogens is 522 g/mol. The van der Waals surface area contributed by atoms with Crippen molar-refractivity contribution in [2.75, 3.05) is 19.1 Å². The Kier molecular flexibility index (Phi) is 6.27. The monoisotopic (exact) mass is 553 g/mol. The molecule has 0 radical (unpaired) electrons. The van der Waals surface area contributed by atoms with Crippen molar-refractivity contribution in [2.45, 2.75) is 19.8 Å². The fourth-order valence-corrected chi connectivity index (χ4v) is 6.01. The van der Waals surface area contributed by atoms with Gasteiger partial charge in [0.05, 0.1) is 37.0 Å². The van der Waals surface area contributed by atoms with Crippen molar-refractivity contribution in [2.24, 2.45) is 0 Å². The van der Waals surface area contributed by atoms with Crippen LogP contribution in [0.25, 0.3) is 11.4 Å². The van der Waals surface area contributed by atoms with Gasteiger partial charge in [-0.05, 0) is 80.1 Å². The third-order valence-corrected chi connectivity index (χ3v) is 7.94. The number of methoxy groups -OCH3 is 2. The van der Waals surface area contributed by atoms with Gasteiger partial charge in [-0.2, -0.15) is 10.2 Å². The van der Waals surface area contributed by atoms with Crippen molar-refractivity contribution >= 4 is 17.3 Å². The van der Waals surface area contributed by atoms with Crippen LogP contribution in [-0.2, 0) is 0 Å². The van der Waals surface area contributed by atoms with E-state index >= 15 is 0 Å². The molecule has 0 unspecified atom stereocenters. The van der Waals surface area contributed by atoms with Crippen LogP contribution in [0.15, 0.2) is 109 Å². The summed E-state index contributed by atoms with van der Waals surface area (Å²) in [5.74, 6) is 3.51. The molecule has 0 bridgehead atoms. The molecule has 2 aromatic heterocycles. The fraction of sp³-hybridized carbons (Fsp3) is 0.143. The maximum atomic E-state index is 5.46. The van der Waals surface area contributed by atoms with Gasteiger partial charge in [-0.1, -0.05) is 48.5 Å². The summed E-state index contributed by atoms with van der Waals surface area (Å²) < 4.78 is 15.0. The van der Waals surface area contributed by atoms with E-state index in [1.54, 1.807) is 14.2 Å². The molecular formula is C35H31N5O2. The predicted octanol–water partition coefficient (Wildman–Crippen LogP) is 7.66. The molecule has 208 valence electrons. The largest absolute Gasteiger partial charge is 0.497 e. The van der Waals surface area contributed by atoms with E-state index in [1.807, 2.05) is 54.6 Å². The Morgan fingerprint density at radius 1 is 0.524 bits per heavy atom. The van der Waals surface area contributed by atoms with Gasteiger partial charge in [0.1, 0.15) is 23.1 Å². The third-order valence-electron chi connectivity index (χ3n) is 7.94. The summed E-state index contributed by atoms with van der Waals surface area (Å²) in [5.41, 5.74) is 8.37. The molecule has 0 saturated heterocycles. The molecule has 0 aliphatic carbocycles. The van der Waals surface area contributed by atoms with Gasteiger partial charge < -0.3 is 9.47 Å². The summed E-state index contributed by atoms with van der Waals surface area (Å²) in [6, 6.07) is 37.2. The Balaban J connectivity index is 1.57. The first-order chi connectivity index (χ1) is 20.6. The lowest BCUT2D eigenvalue weighted by atomic mass is 9.82. The Morgan fingerprint density at radius 2 is 0.952 bits per heavy atom. The minimum atomic E-state index is -0.0600. The van der Waals surface area contributed by atoms with E-state index in [-0.39, 0.29) is 5.92 Å². The molecule has 7 rings (SSSR count). The van der Waals surface area contributed by atoms with Gasteiger partial charge in [0.15, 0.2) is 0 Å².